The predicted octanol–water partition coefficient (Wildman–Crippen LogP) is 7.28. The van der Waals surface area contributed by atoms with Crippen molar-refractivity contribution in [3.63, 3.8) is 0 Å². The first kappa shape index (κ1) is 21.7. The number of allylic oxidation sites excluding steroid dienone is 1. The van der Waals surface area contributed by atoms with E-state index in [-0.39, 0.29) is 5.41 Å². The topological polar surface area (TPSA) is 36.4 Å². The van der Waals surface area contributed by atoms with Crippen LogP contribution in [0.2, 0.25) is 5.02 Å². The average molecular weight is 434 g/mol. The number of nitrogens with zero attached hydrogens (tertiary/aromatic N) is 1. The minimum atomic E-state index is 0.136. The van der Waals surface area contributed by atoms with Gasteiger partial charge in [-0.15, -0.1) is 0 Å². The standard InChI is InChI=1S/C27H32ClN3/c1-16-11-21(13-22(28)12-16)26-25(27(26,5)6)19(4)30-23-10-7-17(2)24(14-23)18(3)31-29-15-20-8-9-20/h7,10-15,20,25-26,30-31H,3-4,8-9H2,1-2,5-6H3/b29-15+. The molecule has 2 saturated carbocycles. The zero-order valence-corrected chi connectivity index (χ0v) is 19.7. The second-order valence-electron chi connectivity index (χ2n) is 9.72. The van der Waals surface area contributed by atoms with Gasteiger partial charge in [0.2, 0.25) is 0 Å². The van der Waals surface area contributed by atoms with Gasteiger partial charge in [-0.3, -0.25) is 5.43 Å². The fourth-order valence-corrected chi connectivity index (χ4v) is 4.97. The normalized spacial score (nSPS) is 21.7. The Kier molecular flexibility index (Phi) is 5.74. The summed E-state index contributed by atoms with van der Waals surface area (Å²) in [6.07, 6.45) is 4.47. The number of nitrogens with one attached hydrogen (secondary N) is 2. The van der Waals surface area contributed by atoms with Crippen molar-refractivity contribution in [2.24, 2.45) is 22.4 Å². The quantitative estimate of drug-likeness (QED) is 0.339. The lowest BCUT2D eigenvalue weighted by Crippen LogP contribution is -2.07. The summed E-state index contributed by atoms with van der Waals surface area (Å²) in [7, 11) is 0. The lowest BCUT2D eigenvalue weighted by atomic mass is 10.0. The molecule has 162 valence electrons. The summed E-state index contributed by atoms with van der Waals surface area (Å²) in [5.41, 5.74) is 10.8. The van der Waals surface area contributed by atoms with Gasteiger partial charge in [0.15, 0.2) is 0 Å². The maximum atomic E-state index is 6.33. The van der Waals surface area contributed by atoms with E-state index in [1.165, 1.54) is 24.0 Å². The van der Waals surface area contributed by atoms with Gasteiger partial charge in [-0.25, -0.2) is 0 Å². The molecule has 0 radical (unpaired) electrons. The number of hydrogen-bond acceptors (Lipinski definition) is 3. The highest BCUT2D eigenvalue weighted by Gasteiger charge is 2.59. The van der Waals surface area contributed by atoms with E-state index in [0.717, 1.165) is 33.2 Å². The van der Waals surface area contributed by atoms with Crippen LogP contribution in [0.15, 0.2) is 60.4 Å². The zero-order chi connectivity index (χ0) is 22.3. The molecule has 2 atom stereocenters. The van der Waals surface area contributed by atoms with Crippen LogP contribution in [-0.4, -0.2) is 6.21 Å². The van der Waals surface area contributed by atoms with Gasteiger partial charge in [-0.2, -0.15) is 5.10 Å². The van der Waals surface area contributed by atoms with Crippen LogP contribution in [0.3, 0.4) is 0 Å². The van der Waals surface area contributed by atoms with Gasteiger partial charge in [-0.05, 0) is 84.9 Å². The van der Waals surface area contributed by atoms with Crippen molar-refractivity contribution in [1.82, 2.24) is 5.43 Å². The van der Waals surface area contributed by atoms with Crippen molar-refractivity contribution in [3.8, 4) is 0 Å². The largest absolute Gasteiger partial charge is 0.359 e. The molecule has 2 unspecified atom stereocenters. The van der Waals surface area contributed by atoms with Crippen LogP contribution in [0, 0.1) is 31.1 Å². The van der Waals surface area contributed by atoms with E-state index in [1.807, 2.05) is 12.3 Å². The summed E-state index contributed by atoms with van der Waals surface area (Å²) >= 11 is 6.33. The van der Waals surface area contributed by atoms with E-state index in [0.29, 0.717) is 17.8 Å². The molecule has 0 heterocycles. The third-order valence-electron chi connectivity index (χ3n) is 6.60. The summed E-state index contributed by atoms with van der Waals surface area (Å²) < 4.78 is 0. The first-order chi connectivity index (χ1) is 14.7. The Morgan fingerprint density at radius 3 is 2.55 bits per heavy atom. The van der Waals surface area contributed by atoms with Gasteiger partial charge in [0, 0.05) is 34.1 Å². The Morgan fingerprint density at radius 2 is 1.87 bits per heavy atom. The molecule has 2 aliphatic rings. The number of benzene rings is 2. The predicted molar refractivity (Wildman–Crippen MR) is 134 cm³/mol. The molecule has 2 aromatic rings. The highest BCUT2D eigenvalue weighted by atomic mass is 35.5. The SMILES string of the molecule is C=C(N/N=C/C1CC1)c1cc(NC(=C)C2C(c3cc(C)cc(Cl)c3)C2(C)C)ccc1C. The van der Waals surface area contributed by atoms with Gasteiger partial charge < -0.3 is 5.32 Å². The molecule has 2 aliphatic carbocycles. The van der Waals surface area contributed by atoms with Crippen LogP contribution >= 0.6 is 11.6 Å². The Hall–Kier alpha value is -2.52. The van der Waals surface area contributed by atoms with E-state index in [9.17, 15) is 0 Å². The smallest absolute Gasteiger partial charge is 0.0565 e. The number of halogens is 1. The minimum absolute atomic E-state index is 0.136. The number of aryl methyl sites for hydroxylation is 2. The second-order valence-corrected chi connectivity index (χ2v) is 10.2. The fourth-order valence-electron chi connectivity index (χ4n) is 4.67. The molecule has 0 aliphatic heterocycles. The third-order valence-corrected chi connectivity index (χ3v) is 6.82. The molecule has 0 aromatic heterocycles. The third kappa shape index (κ3) is 4.72. The van der Waals surface area contributed by atoms with Crippen LogP contribution in [0.1, 0.15) is 54.9 Å². The van der Waals surface area contributed by atoms with E-state index < -0.39 is 0 Å². The minimum Gasteiger partial charge on any atom is -0.359 e. The zero-order valence-electron chi connectivity index (χ0n) is 18.9. The fraction of sp³-hybridized carbons (Fsp3) is 0.370. The molecular formula is C27H32ClN3. The summed E-state index contributed by atoms with van der Waals surface area (Å²) in [6, 6.07) is 12.7. The number of anilines is 1. The molecular weight excluding hydrogens is 402 g/mol. The van der Waals surface area contributed by atoms with E-state index >= 15 is 0 Å². The molecule has 0 bridgehead atoms. The van der Waals surface area contributed by atoms with Crippen LogP contribution < -0.4 is 10.7 Å². The molecule has 0 saturated heterocycles. The van der Waals surface area contributed by atoms with Gasteiger partial charge in [0.25, 0.3) is 0 Å². The Bertz CT molecular complexity index is 1040. The molecule has 2 N–H and O–H groups in total. The van der Waals surface area contributed by atoms with Crippen molar-refractivity contribution >= 4 is 29.2 Å². The Morgan fingerprint density at radius 1 is 1.13 bits per heavy atom. The van der Waals surface area contributed by atoms with E-state index in [1.54, 1.807) is 0 Å². The lowest BCUT2D eigenvalue weighted by Gasteiger charge is -2.15. The first-order valence-corrected chi connectivity index (χ1v) is 11.4. The first-order valence-electron chi connectivity index (χ1n) is 11.0. The van der Waals surface area contributed by atoms with Crippen LogP contribution in [0.4, 0.5) is 5.69 Å². The lowest BCUT2D eigenvalue weighted by molar-refractivity contribution is 0.585. The highest BCUT2D eigenvalue weighted by Crippen LogP contribution is 2.67. The highest BCUT2D eigenvalue weighted by molar-refractivity contribution is 6.30. The van der Waals surface area contributed by atoms with Crippen LogP contribution in [-0.2, 0) is 0 Å². The van der Waals surface area contributed by atoms with E-state index in [4.69, 9.17) is 11.6 Å². The molecule has 31 heavy (non-hydrogen) atoms. The molecule has 4 heteroatoms. The molecule has 3 nitrogen and oxygen atoms in total. The summed E-state index contributed by atoms with van der Waals surface area (Å²) in [6.45, 7) is 17.4. The molecule has 2 fully saturated rings. The molecule has 0 amide bonds. The second kappa shape index (κ2) is 8.20. The average Bonchev–Trinajstić information content (AvgIpc) is 3.58. The molecule has 4 rings (SSSR count). The maximum Gasteiger partial charge on any atom is 0.0565 e. The van der Waals surface area contributed by atoms with Crippen molar-refractivity contribution in [3.05, 3.63) is 82.5 Å². The summed E-state index contributed by atoms with van der Waals surface area (Å²) in [5, 5.41) is 8.69. The van der Waals surface area contributed by atoms with Gasteiger partial charge in [0.1, 0.15) is 0 Å². The van der Waals surface area contributed by atoms with Crippen molar-refractivity contribution in [2.45, 2.75) is 46.5 Å². The number of hydrazone groups is 1. The van der Waals surface area contributed by atoms with Gasteiger partial charge >= 0.3 is 0 Å². The van der Waals surface area contributed by atoms with Gasteiger partial charge in [0.05, 0.1) is 5.70 Å². The number of rotatable bonds is 8. The van der Waals surface area contributed by atoms with Crippen molar-refractivity contribution < 1.29 is 0 Å². The van der Waals surface area contributed by atoms with E-state index in [2.05, 4.69) is 87.0 Å². The van der Waals surface area contributed by atoms with Gasteiger partial charge in [-0.1, -0.05) is 50.7 Å². The summed E-state index contributed by atoms with van der Waals surface area (Å²) in [4.78, 5) is 0. The molecule has 0 spiro atoms. The summed E-state index contributed by atoms with van der Waals surface area (Å²) in [5.74, 6) is 1.39. The van der Waals surface area contributed by atoms with Crippen LogP contribution in [0.5, 0.6) is 0 Å². The Labute approximate surface area is 191 Å². The van der Waals surface area contributed by atoms with Crippen LogP contribution in [0.25, 0.3) is 5.70 Å². The molecule has 2 aromatic carbocycles. The van der Waals surface area contributed by atoms with Crippen molar-refractivity contribution in [1.29, 1.82) is 0 Å². The number of hydrogen-bond donors (Lipinski definition) is 2. The monoisotopic (exact) mass is 433 g/mol. The maximum absolute atomic E-state index is 6.33. The van der Waals surface area contributed by atoms with Crippen molar-refractivity contribution in [2.75, 3.05) is 5.32 Å². The Balaban J connectivity index is 1.47.